The van der Waals surface area contributed by atoms with E-state index in [0.29, 0.717) is 17.0 Å². The molecule has 0 bridgehead atoms. The van der Waals surface area contributed by atoms with Crippen LogP contribution in [0.5, 0.6) is 11.8 Å². The predicted molar refractivity (Wildman–Crippen MR) is 88.8 cm³/mol. The van der Waals surface area contributed by atoms with Crippen LogP contribution < -0.4 is 9.64 Å². The molecule has 0 unspecified atom stereocenters. The Labute approximate surface area is 134 Å². The van der Waals surface area contributed by atoms with Crippen molar-refractivity contribution in [3.05, 3.63) is 48.5 Å². The summed E-state index contributed by atoms with van der Waals surface area (Å²) in [4.78, 5) is 17.9. The zero-order chi connectivity index (χ0) is 16.4. The van der Waals surface area contributed by atoms with Crippen molar-refractivity contribution in [1.29, 1.82) is 0 Å². The second-order valence-electron chi connectivity index (χ2n) is 5.50. The maximum Gasteiger partial charge on any atom is 0.400 e. The first-order valence-electron chi connectivity index (χ1n) is 7.48. The second kappa shape index (κ2) is 6.12. The molecule has 5 nitrogen and oxygen atoms in total. The van der Waals surface area contributed by atoms with Crippen LogP contribution in [0.3, 0.4) is 0 Å². The van der Waals surface area contributed by atoms with E-state index in [1.165, 1.54) is 6.92 Å². The van der Waals surface area contributed by atoms with Crippen LogP contribution in [0.4, 0.5) is 5.69 Å². The number of ether oxygens (including phenoxy) is 1. The summed E-state index contributed by atoms with van der Waals surface area (Å²) in [5.74, 6) is 0.483. The lowest BCUT2D eigenvalue weighted by atomic mass is 10.2. The minimum absolute atomic E-state index is 0.0147. The van der Waals surface area contributed by atoms with Gasteiger partial charge in [-0.3, -0.25) is 4.79 Å². The van der Waals surface area contributed by atoms with Crippen molar-refractivity contribution in [2.75, 3.05) is 4.90 Å². The van der Waals surface area contributed by atoms with Gasteiger partial charge in [0, 0.05) is 13.0 Å². The molecule has 0 spiro atoms. The van der Waals surface area contributed by atoms with E-state index in [9.17, 15) is 4.79 Å². The number of nitrogens with zero attached hydrogens (tertiary/aromatic N) is 2. The van der Waals surface area contributed by atoms with Gasteiger partial charge in [0.05, 0.1) is 5.69 Å². The van der Waals surface area contributed by atoms with Crippen molar-refractivity contribution in [2.45, 2.75) is 26.8 Å². The van der Waals surface area contributed by atoms with E-state index in [1.807, 2.05) is 56.3 Å². The van der Waals surface area contributed by atoms with E-state index in [4.69, 9.17) is 9.15 Å². The van der Waals surface area contributed by atoms with Crippen LogP contribution in [-0.4, -0.2) is 16.9 Å². The molecular weight excluding hydrogens is 292 g/mol. The summed E-state index contributed by atoms with van der Waals surface area (Å²) in [5, 5.41) is 0. The van der Waals surface area contributed by atoms with Crippen molar-refractivity contribution in [2.24, 2.45) is 0 Å². The summed E-state index contributed by atoms with van der Waals surface area (Å²) >= 11 is 0. The highest BCUT2D eigenvalue weighted by atomic mass is 16.6. The first-order chi connectivity index (χ1) is 11.1. The van der Waals surface area contributed by atoms with Gasteiger partial charge in [-0.05, 0) is 38.1 Å². The fourth-order valence-electron chi connectivity index (χ4n) is 2.54. The van der Waals surface area contributed by atoms with Crippen LogP contribution in [-0.2, 0) is 4.79 Å². The fraction of sp³-hybridized carbons (Fsp3) is 0.222. The largest absolute Gasteiger partial charge is 0.409 e. The maximum absolute atomic E-state index is 12.0. The summed E-state index contributed by atoms with van der Waals surface area (Å²) < 4.78 is 11.4. The van der Waals surface area contributed by atoms with E-state index in [-0.39, 0.29) is 18.0 Å². The van der Waals surface area contributed by atoms with Crippen LogP contribution in [0.2, 0.25) is 0 Å². The highest BCUT2D eigenvalue weighted by Crippen LogP contribution is 2.34. The van der Waals surface area contributed by atoms with E-state index in [1.54, 1.807) is 11.0 Å². The molecule has 0 atom stereocenters. The van der Waals surface area contributed by atoms with Gasteiger partial charge >= 0.3 is 6.08 Å². The van der Waals surface area contributed by atoms with Crippen molar-refractivity contribution in [3.63, 3.8) is 0 Å². The standard InChI is InChI=1S/C18H18N2O3/c1-12(2)20(13(3)21)15-9-5-7-11-17(15)23-18-19-14-8-4-6-10-16(14)22-18/h4-12H,1-3H3. The van der Waals surface area contributed by atoms with Gasteiger partial charge < -0.3 is 14.1 Å². The molecule has 0 aliphatic rings. The lowest BCUT2D eigenvalue weighted by Crippen LogP contribution is -2.35. The number of hydrogen-bond donors (Lipinski definition) is 0. The van der Waals surface area contributed by atoms with Gasteiger partial charge in [0.25, 0.3) is 0 Å². The van der Waals surface area contributed by atoms with Gasteiger partial charge in [-0.2, -0.15) is 4.98 Å². The summed E-state index contributed by atoms with van der Waals surface area (Å²) in [7, 11) is 0. The Bertz CT molecular complexity index is 806. The van der Waals surface area contributed by atoms with Crippen LogP contribution >= 0.6 is 0 Å². The molecule has 2 aromatic carbocycles. The smallest absolute Gasteiger partial charge is 0.400 e. The van der Waals surface area contributed by atoms with E-state index >= 15 is 0 Å². The van der Waals surface area contributed by atoms with Gasteiger partial charge in [-0.15, -0.1) is 0 Å². The molecule has 0 aliphatic carbocycles. The number of anilines is 1. The normalized spacial score (nSPS) is 11.0. The average molecular weight is 310 g/mol. The van der Waals surface area contributed by atoms with Crippen LogP contribution in [0.15, 0.2) is 52.9 Å². The molecule has 1 amide bonds. The third-order valence-corrected chi connectivity index (χ3v) is 3.45. The predicted octanol–water partition coefficient (Wildman–Crippen LogP) is 4.38. The molecular formula is C18H18N2O3. The Morgan fingerprint density at radius 2 is 1.83 bits per heavy atom. The minimum atomic E-state index is -0.0476. The zero-order valence-corrected chi connectivity index (χ0v) is 13.3. The number of fused-ring (bicyclic) bond motifs is 1. The first-order valence-corrected chi connectivity index (χ1v) is 7.48. The molecule has 5 heteroatoms. The summed E-state index contributed by atoms with van der Waals surface area (Å²) in [6.45, 7) is 5.45. The molecule has 0 N–H and O–H groups in total. The first kappa shape index (κ1) is 15.1. The Kier molecular flexibility index (Phi) is 4.02. The molecule has 3 rings (SSSR count). The van der Waals surface area contributed by atoms with Crippen molar-refractivity contribution in [1.82, 2.24) is 4.98 Å². The Morgan fingerprint density at radius 1 is 1.13 bits per heavy atom. The van der Waals surface area contributed by atoms with Gasteiger partial charge in [0.1, 0.15) is 5.52 Å². The summed E-state index contributed by atoms with van der Waals surface area (Å²) in [5.41, 5.74) is 2.08. The molecule has 1 aromatic heterocycles. The fourth-order valence-corrected chi connectivity index (χ4v) is 2.54. The molecule has 118 valence electrons. The van der Waals surface area contributed by atoms with Crippen LogP contribution in [0.1, 0.15) is 20.8 Å². The number of carbonyl (C=O) groups is 1. The molecule has 23 heavy (non-hydrogen) atoms. The summed E-state index contributed by atoms with van der Waals surface area (Å²) in [6.07, 6.45) is 0.158. The Hall–Kier alpha value is -2.82. The Morgan fingerprint density at radius 3 is 2.52 bits per heavy atom. The summed E-state index contributed by atoms with van der Waals surface area (Å²) in [6, 6.07) is 14.8. The van der Waals surface area contributed by atoms with Crippen LogP contribution in [0.25, 0.3) is 11.1 Å². The zero-order valence-electron chi connectivity index (χ0n) is 13.3. The maximum atomic E-state index is 12.0. The SMILES string of the molecule is CC(=O)N(c1ccccc1Oc1nc2ccccc2o1)C(C)C. The molecule has 0 fully saturated rings. The number of benzene rings is 2. The molecule has 0 aliphatic heterocycles. The quantitative estimate of drug-likeness (QED) is 0.717. The molecule has 1 heterocycles. The van der Waals surface area contributed by atoms with Crippen molar-refractivity contribution >= 4 is 22.7 Å². The number of amides is 1. The molecule has 0 saturated carbocycles. The third kappa shape index (κ3) is 3.04. The van der Waals surface area contributed by atoms with E-state index in [0.717, 1.165) is 5.52 Å². The van der Waals surface area contributed by atoms with Gasteiger partial charge in [0.2, 0.25) is 5.91 Å². The highest BCUT2D eigenvalue weighted by molar-refractivity contribution is 5.93. The molecule has 0 radical (unpaired) electrons. The van der Waals surface area contributed by atoms with E-state index < -0.39 is 0 Å². The van der Waals surface area contributed by atoms with Crippen molar-refractivity contribution in [3.8, 4) is 11.8 Å². The average Bonchev–Trinajstić information content (AvgIpc) is 2.90. The number of oxazole rings is 1. The Balaban J connectivity index is 1.98. The number of carbonyl (C=O) groups excluding carboxylic acids is 1. The molecule has 0 saturated heterocycles. The lowest BCUT2D eigenvalue weighted by Gasteiger charge is -2.26. The lowest BCUT2D eigenvalue weighted by molar-refractivity contribution is -0.116. The van der Waals surface area contributed by atoms with Crippen molar-refractivity contribution < 1.29 is 13.9 Å². The van der Waals surface area contributed by atoms with E-state index in [2.05, 4.69) is 4.98 Å². The van der Waals surface area contributed by atoms with Gasteiger partial charge in [-0.1, -0.05) is 24.3 Å². The number of rotatable bonds is 4. The molecule has 3 aromatic rings. The second-order valence-corrected chi connectivity index (χ2v) is 5.50. The highest BCUT2D eigenvalue weighted by Gasteiger charge is 2.20. The number of hydrogen-bond acceptors (Lipinski definition) is 4. The van der Waals surface area contributed by atoms with Gasteiger partial charge in [0.15, 0.2) is 11.3 Å². The van der Waals surface area contributed by atoms with Crippen LogP contribution in [0, 0.1) is 0 Å². The minimum Gasteiger partial charge on any atom is -0.409 e. The van der Waals surface area contributed by atoms with Gasteiger partial charge in [-0.25, -0.2) is 0 Å². The number of para-hydroxylation sites is 4. The number of aromatic nitrogens is 1. The third-order valence-electron chi connectivity index (χ3n) is 3.45. The monoisotopic (exact) mass is 310 g/mol. The topological polar surface area (TPSA) is 55.6 Å².